The Morgan fingerprint density at radius 3 is 2.77 bits per heavy atom. The van der Waals surface area contributed by atoms with E-state index in [1.165, 1.54) is 18.3 Å². The number of ether oxygens (including phenoxy) is 2. The summed E-state index contributed by atoms with van der Waals surface area (Å²) in [5, 5.41) is 2.95. The number of pyridine rings is 2. The largest absolute Gasteiger partial charge is 0.491 e. The van der Waals surface area contributed by atoms with Crippen LogP contribution in [0.3, 0.4) is 0 Å². The lowest BCUT2D eigenvalue weighted by atomic mass is 9.93. The highest BCUT2D eigenvalue weighted by Crippen LogP contribution is 2.34. The van der Waals surface area contributed by atoms with Crippen molar-refractivity contribution in [1.29, 1.82) is 0 Å². The average molecular weight is 411 g/mol. The fourth-order valence-corrected chi connectivity index (χ4v) is 3.32. The highest BCUT2D eigenvalue weighted by Gasteiger charge is 2.24. The summed E-state index contributed by atoms with van der Waals surface area (Å²) in [5.74, 6) is 0.530. The molecule has 30 heavy (non-hydrogen) atoms. The molecule has 1 N–H and O–H groups in total. The quantitative estimate of drug-likeness (QED) is 0.672. The molecule has 0 saturated heterocycles. The van der Waals surface area contributed by atoms with Gasteiger partial charge in [0.1, 0.15) is 12.4 Å². The van der Waals surface area contributed by atoms with Crippen molar-refractivity contribution < 1.29 is 23.0 Å². The van der Waals surface area contributed by atoms with Crippen molar-refractivity contribution in [3.63, 3.8) is 0 Å². The van der Waals surface area contributed by atoms with Crippen LogP contribution in [0.2, 0.25) is 0 Å². The van der Waals surface area contributed by atoms with Crippen LogP contribution >= 0.6 is 0 Å². The first-order valence-corrected chi connectivity index (χ1v) is 9.43. The first-order valence-electron chi connectivity index (χ1n) is 9.43. The Hall–Kier alpha value is -3.55. The summed E-state index contributed by atoms with van der Waals surface area (Å²) in [7, 11) is 0. The van der Waals surface area contributed by atoms with E-state index in [1.807, 2.05) is 30.3 Å². The Balaban J connectivity index is 1.44. The van der Waals surface area contributed by atoms with Gasteiger partial charge in [0, 0.05) is 36.6 Å². The highest BCUT2D eigenvalue weighted by molar-refractivity contribution is 5.94. The van der Waals surface area contributed by atoms with Crippen molar-refractivity contribution in [3.05, 3.63) is 72.2 Å². The normalized spacial score (nSPS) is 15.2. The number of hydrogen-bond acceptors (Lipinski definition) is 5. The number of halogens is 2. The number of carbonyl (C=O) groups excluding carboxylic acids is 1. The van der Waals surface area contributed by atoms with Crippen LogP contribution in [0.1, 0.15) is 15.9 Å². The monoisotopic (exact) mass is 411 g/mol. The van der Waals surface area contributed by atoms with E-state index in [4.69, 9.17) is 9.47 Å². The van der Waals surface area contributed by atoms with Gasteiger partial charge in [0.15, 0.2) is 6.61 Å². The molecule has 0 fully saturated rings. The molecule has 1 atom stereocenters. The van der Waals surface area contributed by atoms with E-state index in [1.54, 1.807) is 12.4 Å². The number of carbonyl (C=O) groups is 1. The van der Waals surface area contributed by atoms with E-state index in [9.17, 15) is 13.6 Å². The number of nitrogens with zero attached hydrogens (tertiary/aromatic N) is 2. The van der Waals surface area contributed by atoms with Crippen LogP contribution in [-0.4, -0.2) is 41.6 Å². The maximum atomic E-state index is 12.6. The first kappa shape index (κ1) is 19.8. The highest BCUT2D eigenvalue weighted by atomic mass is 19.3. The molecule has 0 radical (unpaired) electrons. The van der Waals surface area contributed by atoms with Crippen LogP contribution in [0.5, 0.6) is 11.6 Å². The fraction of sp³-hybridized carbons (Fsp3) is 0.227. The third-order valence-electron chi connectivity index (χ3n) is 4.71. The predicted octanol–water partition coefficient (Wildman–Crippen LogP) is 3.52. The van der Waals surface area contributed by atoms with Gasteiger partial charge in [-0.25, -0.2) is 13.8 Å². The molecule has 0 unspecified atom stereocenters. The number of amides is 1. The second-order valence-corrected chi connectivity index (χ2v) is 6.79. The third-order valence-corrected chi connectivity index (χ3v) is 4.71. The van der Waals surface area contributed by atoms with E-state index >= 15 is 0 Å². The Morgan fingerprint density at radius 2 is 2.03 bits per heavy atom. The number of rotatable bonds is 6. The zero-order valence-electron chi connectivity index (χ0n) is 15.9. The number of alkyl halides is 2. The first-order chi connectivity index (χ1) is 14.6. The van der Waals surface area contributed by atoms with Gasteiger partial charge in [-0.2, -0.15) is 0 Å². The molecular weight excluding hydrogens is 392 g/mol. The Morgan fingerprint density at radius 1 is 1.20 bits per heavy atom. The fourth-order valence-electron chi connectivity index (χ4n) is 3.32. The molecule has 1 aliphatic heterocycles. The second kappa shape index (κ2) is 8.86. The summed E-state index contributed by atoms with van der Waals surface area (Å²) in [5.41, 5.74) is 3.40. The minimum absolute atomic E-state index is 0.0452. The summed E-state index contributed by atoms with van der Waals surface area (Å²) in [6.07, 6.45) is 2.80. The van der Waals surface area contributed by atoms with Gasteiger partial charge in [-0.1, -0.05) is 12.1 Å². The number of aromatic nitrogens is 2. The molecule has 6 nitrogen and oxygen atoms in total. The molecule has 0 aliphatic carbocycles. The van der Waals surface area contributed by atoms with Gasteiger partial charge in [-0.05, 0) is 35.4 Å². The summed E-state index contributed by atoms with van der Waals surface area (Å²) in [6, 6.07) is 12.4. The van der Waals surface area contributed by atoms with E-state index in [0.717, 1.165) is 22.4 Å². The van der Waals surface area contributed by atoms with Gasteiger partial charge in [-0.15, -0.1) is 0 Å². The summed E-state index contributed by atoms with van der Waals surface area (Å²) < 4.78 is 35.1. The van der Waals surface area contributed by atoms with Crippen molar-refractivity contribution in [2.24, 2.45) is 0 Å². The summed E-state index contributed by atoms with van der Waals surface area (Å²) >= 11 is 0. The van der Waals surface area contributed by atoms with Gasteiger partial charge >= 0.3 is 0 Å². The lowest BCUT2D eigenvalue weighted by molar-refractivity contribution is 0.0794. The molecule has 154 valence electrons. The lowest BCUT2D eigenvalue weighted by Crippen LogP contribution is -2.42. The van der Waals surface area contributed by atoms with Crippen molar-refractivity contribution in [2.45, 2.75) is 18.9 Å². The summed E-state index contributed by atoms with van der Waals surface area (Å²) in [6.45, 7) is -0.390. The van der Waals surface area contributed by atoms with Crippen molar-refractivity contribution in [1.82, 2.24) is 15.3 Å². The maximum absolute atomic E-state index is 12.6. The number of benzene rings is 1. The topological polar surface area (TPSA) is 73.3 Å². The molecule has 1 amide bonds. The Kier molecular flexibility index (Phi) is 5.83. The average Bonchev–Trinajstić information content (AvgIpc) is 2.78. The van der Waals surface area contributed by atoms with Gasteiger partial charge in [0.25, 0.3) is 12.3 Å². The lowest BCUT2D eigenvalue weighted by Gasteiger charge is -2.28. The molecule has 3 aromatic rings. The van der Waals surface area contributed by atoms with Crippen LogP contribution in [-0.2, 0) is 6.42 Å². The van der Waals surface area contributed by atoms with Gasteiger partial charge < -0.3 is 14.8 Å². The maximum Gasteiger partial charge on any atom is 0.272 e. The minimum Gasteiger partial charge on any atom is -0.491 e. The molecule has 1 aliphatic rings. The third kappa shape index (κ3) is 4.53. The molecule has 0 spiro atoms. The Bertz CT molecular complexity index is 1010. The van der Waals surface area contributed by atoms with Crippen molar-refractivity contribution in [2.75, 3.05) is 13.2 Å². The molecule has 2 aromatic heterocycles. The minimum atomic E-state index is -2.58. The summed E-state index contributed by atoms with van der Waals surface area (Å²) in [4.78, 5) is 20.5. The Labute approximate surface area is 171 Å². The molecule has 3 heterocycles. The van der Waals surface area contributed by atoms with Crippen LogP contribution in [0.25, 0.3) is 11.1 Å². The van der Waals surface area contributed by atoms with Gasteiger partial charge in [0.05, 0.1) is 11.6 Å². The molecule has 4 rings (SSSR count). The van der Waals surface area contributed by atoms with E-state index in [0.29, 0.717) is 18.6 Å². The van der Waals surface area contributed by atoms with Gasteiger partial charge in [-0.3, -0.25) is 9.78 Å². The van der Waals surface area contributed by atoms with E-state index in [2.05, 4.69) is 15.3 Å². The van der Waals surface area contributed by atoms with Crippen LogP contribution in [0.15, 0.2) is 61.1 Å². The number of nitrogens with one attached hydrogen (secondary N) is 1. The molecule has 0 saturated carbocycles. The standard InChI is InChI=1S/C22H19F2N3O3/c23-20(24)13-30-21-5-4-15(11-26-21)22(28)27-16-10-18-17(14-6-8-25-9-7-14)2-1-3-19(18)29-12-16/h1-9,11,16,20H,10,12-13H2,(H,27,28)/t16-/m0/s1. The molecule has 1 aromatic carbocycles. The van der Waals surface area contributed by atoms with Crippen LogP contribution in [0, 0.1) is 0 Å². The smallest absolute Gasteiger partial charge is 0.272 e. The van der Waals surface area contributed by atoms with E-state index in [-0.39, 0.29) is 17.8 Å². The zero-order chi connectivity index (χ0) is 20.9. The predicted molar refractivity (Wildman–Crippen MR) is 106 cm³/mol. The van der Waals surface area contributed by atoms with Crippen molar-refractivity contribution in [3.8, 4) is 22.8 Å². The van der Waals surface area contributed by atoms with Crippen molar-refractivity contribution >= 4 is 5.91 Å². The van der Waals surface area contributed by atoms with Gasteiger partial charge in [0.2, 0.25) is 5.88 Å². The molecule has 8 heteroatoms. The second-order valence-electron chi connectivity index (χ2n) is 6.79. The van der Waals surface area contributed by atoms with Crippen LogP contribution < -0.4 is 14.8 Å². The number of fused-ring (bicyclic) bond motifs is 1. The SMILES string of the molecule is O=C(N[C@@H]1COc2cccc(-c3ccncc3)c2C1)c1ccc(OCC(F)F)nc1. The van der Waals surface area contributed by atoms with E-state index < -0.39 is 13.0 Å². The molecular formula is C22H19F2N3O3. The number of hydrogen-bond donors (Lipinski definition) is 1. The van der Waals surface area contributed by atoms with Crippen LogP contribution in [0.4, 0.5) is 8.78 Å². The molecule has 0 bridgehead atoms. The zero-order valence-corrected chi connectivity index (χ0v) is 15.9.